The van der Waals surface area contributed by atoms with Gasteiger partial charge in [0.2, 0.25) is 11.8 Å². The smallest absolute Gasteiger partial charge is 0.312 e. The van der Waals surface area contributed by atoms with E-state index in [2.05, 4.69) is 13.2 Å². The first-order valence-corrected chi connectivity index (χ1v) is 14.5. The summed E-state index contributed by atoms with van der Waals surface area (Å²) in [4.78, 5) is 45.7. The number of ether oxygens (including phenoxy) is 2. The molecule has 2 unspecified atom stereocenters. The molecule has 3 aliphatic heterocycles. The van der Waals surface area contributed by atoms with E-state index in [1.807, 2.05) is 51.1 Å². The number of unbranched alkanes of at least 4 members (excludes halogenated alkanes) is 1. The Kier molecular flexibility index (Phi) is 9.20. The summed E-state index contributed by atoms with van der Waals surface area (Å²) in [6.45, 7) is 14.0. The van der Waals surface area contributed by atoms with E-state index < -0.39 is 41.1 Å². The molecule has 0 aromatic heterocycles. The Morgan fingerprint density at radius 2 is 1.98 bits per heavy atom. The minimum atomic E-state index is -1.18. The third kappa shape index (κ3) is 5.12. The molecule has 1 aromatic carbocycles. The molecule has 3 saturated heterocycles. The van der Waals surface area contributed by atoms with Gasteiger partial charge >= 0.3 is 5.97 Å². The van der Waals surface area contributed by atoms with Crippen molar-refractivity contribution in [2.45, 2.75) is 82.7 Å². The Balaban J connectivity index is 1.76. The van der Waals surface area contributed by atoms with Gasteiger partial charge in [-0.1, -0.05) is 62.8 Å². The first kappa shape index (κ1) is 30.0. The van der Waals surface area contributed by atoms with Crippen LogP contribution in [0.3, 0.4) is 0 Å². The summed E-state index contributed by atoms with van der Waals surface area (Å²) in [5.41, 5.74) is -1.13. The molecule has 0 saturated carbocycles. The predicted octanol–water partition coefficient (Wildman–Crippen LogP) is 3.88. The summed E-state index contributed by atoms with van der Waals surface area (Å²) < 4.78 is 12.4. The van der Waals surface area contributed by atoms with Crippen molar-refractivity contribution in [3.05, 3.63) is 61.2 Å². The normalized spacial score (nSPS) is 30.1. The van der Waals surface area contributed by atoms with Crippen LogP contribution in [0.5, 0.6) is 0 Å². The largest absolute Gasteiger partial charge is 0.465 e. The Labute approximate surface area is 238 Å². The molecular weight excluding hydrogens is 508 g/mol. The topological polar surface area (TPSA) is 96.4 Å². The number of esters is 1. The lowest BCUT2D eigenvalue weighted by molar-refractivity contribution is -0.162. The fourth-order valence-electron chi connectivity index (χ4n) is 7.03. The fourth-order valence-corrected chi connectivity index (χ4v) is 7.03. The number of carbonyl (C=O) groups is 3. The Morgan fingerprint density at radius 3 is 2.60 bits per heavy atom. The first-order chi connectivity index (χ1) is 19.2. The maximum atomic E-state index is 14.6. The second-order valence-electron chi connectivity index (χ2n) is 11.7. The molecular formula is C32H44N2O6. The lowest BCUT2D eigenvalue weighted by Gasteiger charge is -2.41. The molecule has 3 aliphatic rings. The van der Waals surface area contributed by atoms with Crippen LogP contribution in [-0.2, 0) is 30.4 Å². The number of carbonyl (C=O) groups excluding carboxylic acids is 3. The third-order valence-corrected chi connectivity index (χ3v) is 9.22. The molecule has 1 N–H and O–H groups in total. The van der Waals surface area contributed by atoms with Gasteiger partial charge < -0.3 is 24.4 Å². The van der Waals surface area contributed by atoms with Crippen LogP contribution in [0.1, 0.15) is 58.4 Å². The summed E-state index contributed by atoms with van der Waals surface area (Å²) >= 11 is 0. The van der Waals surface area contributed by atoms with E-state index in [4.69, 9.17) is 9.47 Å². The molecule has 7 atom stereocenters. The highest BCUT2D eigenvalue weighted by Gasteiger charge is 2.79. The van der Waals surface area contributed by atoms with Gasteiger partial charge in [0.05, 0.1) is 30.8 Å². The number of benzene rings is 1. The maximum Gasteiger partial charge on any atom is 0.312 e. The second kappa shape index (κ2) is 12.3. The van der Waals surface area contributed by atoms with Crippen molar-refractivity contribution < 1.29 is 29.0 Å². The fraction of sp³-hybridized carbons (Fsp3) is 0.594. The first-order valence-electron chi connectivity index (χ1n) is 14.5. The number of nitrogens with zero attached hydrogens (tertiary/aromatic N) is 2. The maximum absolute atomic E-state index is 14.6. The standard InChI is InChI=1S/C32H44N2O6/c1-6-9-13-19-39-30(38)26-25-28(36)34(24(21-35)22(4)8-3)27(32(25)17-16-31(26,5)40-32)29(37)33(18-7-2)20-23-14-11-10-12-15-23/h6-7,10-12,14-15,22,24-27,35H,1-2,8-9,13,16-21H2,3-5H3/t22-,24-,25-,26+,27?,31-,32?/m0/s1. The van der Waals surface area contributed by atoms with Crippen molar-refractivity contribution in [1.82, 2.24) is 9.80 Å². The van der Waals surface area contributed by atoms with Crippen molar-refractivity contribution >= 4 is 17.8 Å². The van der Waals surface area contributed by atoms with Gasteiger partial charge in [-0.25, -0.2) is 0 Å². The average Bonchev–Trinajstić information content (AvgIpc) is 3.52. The SMILES string of the molecule is C=CCCCOC(=O)[C@H]1[C@H]2C(=O)N([C@@H](CO)[C@@H](C)CC)C(C(=O)N(CC=C)Cc3ccccc3)C23CC[C@]1(C)O3. The second-order valence-corrected chi connectivity index (χ2v) is 11.7. The molecule has 1 aromatic rings. The molecule has 0 radical (unpaired) electrons. The average molecular weight is 553 g/mol. The number of hydrogen-bond acceptors (Lipinski definition) is 6. The van der Waals surface area contributed by atoms with E-state index in [1.165, 1.54) is 0 Å². The minimum absolute atomic E-state index is 0.0708. The lowest BCUT2D eigenvalue weighted by Crippen LogP contribution is -2.59. The van der Waals surface area contributed by atoms with Crippen molar-refractivity contribution in [2.24, 2.45) is 17.8 Å². The summed E-state index contributed by atoms with van der Waals surface area (Å²) in [5, 5.41) is 10.5. The minimum Gasteiger partial charge on any atom is -0.465 e. The molecule has 8 nitrogen and oxygen atoms in total. The Bertz CT molecular complexity index is 1110. The Hall–Kier alpha value is -2.97. The van der Waals surface area contributed by atoms with Crippen LogP contribution in [0.25, 0.3) is 0 Å². The monoisotopic (exact) mass is 552 g/mol. The molecule has 1 spiro atoms. The molecule has 8 heteroatoms. The number of amides is 2. The molecule has 3 fully saturated rings. The summed E-state index contributed by atoms with van der Waals surface area (Å²) in [5.74, 6) is -2.78. The van der Waals surface area contributed by atoms with Crippen molar-refractivity contribution in [1.29, 1.82) is 0 Å². The molecule has 0 aliphatic carbocycles. The molecule has 2 bridgehead atoms. The highest BCUT2D eigenvalue weighted by atomic mass is 16.6. The van der Waals surface area contributed by atoms with E-state index in [0.717, 1.165) is 12.0 Å². The zero-order valence-corrected chi connectivity index (χ0v) is 24.1. The number of hydrogen-bond donors (Lipinski definition) is 1. The Morgan fingerprint density at radius 1 is 1.25 bits per heavy atom. The van der Waals surface area contributed by atoms with Crippen LogP contribution in [0, 0.1) is 17.8 Å². The van der Waals surface area contributed by atoms with Crippen LogP contribution in [0.2, 0.25) is 0 Å². The van der Waals surface area contributed by atoms with Gasteiger partial charge in [0.25, 0.3) is 0 Å². The van der Waals surface area contributed by atoms with E-state index in [0.29, 0.717) is 32.2 Å². The van der Waals surface area contributed by atoms with Crippen LogP contribution in [0.4, 0.5) is 0 Å². The van der Waals surface area contributed by atoms with E-state index >= 15 is 0 Å². The van der Waals surface area contributed by atoms with Gasteiger partial charge in [0.1, 0.15) is 17.6 Å². The van der Waals surface area contributed by atoms with Crippen molar-refractivity contribution in [3.63, 3.8) is 0 Å². The van der Waals surface area contributed by atoms with Gasteiger partial charge in [-0.05, 0) is 44.1 Å². The van der Waals surface area contributed by atoms with Crippen molar-refractivity contribution in [3.8, 4) is 0 Å². The molecule has 4 rings (SSSR count). The number of rotatable bonds is 14. The van der Waals surface area contributed by atoms with Crippen LogP contribution in [-0.4, -0.2) is 75.7 Å². The van der Waals surface area contributed by atoms with Gasteiger partial charge in [-0.2, -0.15) is 0 Å². The van der Waals surface area contributed by atoms with E-state index in [-0.39, 0.29) is 37.5 Å². The van der Waals surface area contributed by atoms with Crippen LogP contribution < -0.4 is 0 Å². The number of likely N-dealkylation sites (tertiary alicyclic amines) is 1. The van der Waals surface area contributed by atoms with Gasteiger partial charge in [0, 0.05) is 13.1 Å². The third-order valence-electron chi connectivity index (χ3n) is 9.22. The van der Waals surface area contributed by atoms with E-state index in [9.17, 15) is 19.5 Å². The lowest BCUT2D eigenvalue weighted by atomic mass is 9.66. The predicted molar refractivity (Wildman–Crippen MR) is 152 cm³/mol. The summed E-state index contributed by atoms with van der Waals surface area (Å²) in [6, 6.07) is 8.11. The highest BCUT2D eigenvalue weighted by molar-refractivity contribution is 5.98. The van der Waals surface area contributed by atoms with Gasteiger partial charge in [0.15, 0.2) is 0 Å². The number of aliphatic hydroxyl groups excluding tert-OH is 1. The molecule has 218 valence electrons. The number of allylic oxidation sites excluding steroid dienone is 1. The number of fused-ring (bicyclic) bond motifs is 1. The van der Waals surface area contributed by atoms with Crippen molar-refractivity contribution in [2.75, 3.05) is 19.8 Å². The van der Waals surface area contributed by atoms with Gasteiger partial charge in [-0.15, -0.1) is 13.2 Å². The molecule has 40 heavy (non-hydrogen) atoms. The van der Waals surface area contributed by atoms with Crippen LogP contribution in [0.15, 0.2) is 55.6 Å². The molecule has 2 amide bonds. The quantitative estimate of drug-likeness (QED) is 0.214. The van der Waals surface area contributed by atoms with Crippen LogP contribution >= 0.6 is 0 Å². The zero-order chi connectivity index (χ0) is 29.1. The van der Waals surface area contributed by atoms with Gasteiger partial charge in [-0.3, -0.25) is 14.4 Å². The summed E-state index contributed by atoms with van der Waals surface area (Å²) in [6.07, 6.45) is 6.53. The summed E-state index contributed by atoms with van der Waals surface area (Å²) in [7, 11) is 0. The van der Waals surface area contributed by atoms with E-state index in [1.54, 1.807) is 22.0 Å². The zero-order valence-electron chi connectivity index (χ0n) is 24.1. The number of aliphatic hydroxyl groups is 1. The highest BCUT2D eigenvalue weighted by Crippen LogP contribution is 2.64. The molecule has 3 heterocycles.